The van der Waals surface area contributed by atoms with Gasteiger partial charge in [0.15, 0.2) is 11.0 Å². The van der Waals surface area contributed by atoms with E-state index >= 15 is 0 Å². The summed E-state index contributed by atoms with van der Waals surface area (Å²) in [5, 5.41) is 11.7. The van der Waals surface area contributed by atoms with Gasteiger partial charge in [0, 0.05) is 6.54 Å². The monoisotopic (exact) mass is 556 g/mol. The lowest BCUT2D eigenvalue weighted by Gasteiger charge is -2.10. The third kappa shape index (κ3) is 6.15. The molecule has 1 aromatic carbocycles. The summed E-state index contributed by atoms with van der Waals surface area (Å²) in [4.78, 5) is 37.1. The molecule has 36 heavy (non-hydrogen) atoms. The molecule has 0 spiro atoms. The summed E-state index contributed by atoms with van der Waals surface area (Å²) in [6, 6.07) is 3.81. The van der Waals surface area contributed by atoms with Crippen molar-refractivity contribution in [3.8, 4) is 5.75 Å². The fraction of sp³-hybridized carbons (Fsp3) is 0.318. The van der Waals surface area contributed by atoms with Crippen LogP contribution in [0.1, 0.15) is 38.3 Å². The highest BCUT2D eigenvalue weighted by atomic mass is 35.5. The molecule has 0 fully saturated rings. The number of carbonyl (C=O) groups is 3. The maximum Gasteiger partial charge on any atom is 0.348 e. The molecule has 3 aromatic rings. The zero-order valence-corrected chi connectivity index (χ0v) is 22.1. The number of hydrogen-bond donors (Lipinski definition) is 1. The van der Waals surface area contributed by atoms with Crippen LogP contribution in [-0.2, 0) is 27.4 Å². The molecular formula is C22H22ClFN4O6S2. The number of methoxy groups -OCH3 is 2. The molecule has 10 nitrogen and oxygen atoms in total. The van der Waals surface area contributed by atoms with Crippen LogP contribution in [0.15, 0.2) is 23.4 Å². The van der Waals surface area contributed by atoms with Crippen molar-refractivity contribution in [1.82, 2.24) is 14.8 Å². The topological polar surface area (TPSA) is 122 Å². The van der Waals surface area contributed by atoms with Crippen molar-refractivity contribution >= 4 is 57.5 Å². The standard InChI is InChI=1S/C22H22ClFN4O6S2/c1-5-28-15(9-34-14-7-6-12(24)8-13(14)23)26-27-22(28)35-10-16(29)25-19-17(20(30)32-3)11(2)18(36-19)21(31)33-4/h6-8H,5,9-10H2,1-4H3,(H,25,29). The summed E-state index contributed by atoms with van der Waals surface area (Å²) in [7, 11) is 2.44. The van der Waals surface area contributed by atoms with Gasteiger partial charge in [-0.25, -0.2) is 14.0 Å². The lowest BCUT2D eigenvalue weighted by molar-refractivity contribution is -0.113. The number of carbonyl (C=O) groups excluding carboxylic acids is 3. The summed E-state index contributed by atoms with van der Waals surface area (Å²) in [5.41, 5.74) is 0.454. The second kappa shape index (κ2) is 12.2. The van der Waals surface area contributed by atoms with Crippen LogP contribution in [0.3, 0.4) is 0 Å². The third-order valence-electron chi connectivity index (χ3n) is 4.85. The Balaban J connectivity index is 1.68. The number of aromatic nitrogens is 3. The number of esters is 2. The van der Waals surface area contributed by atoms with E-state index < -0.39 is 23.7 Å². The van der Waals surface area contributed by atoms with Crippen molar-refractivity contribution in [3.05, 3.63) is 50.9 Å². The average Bonchev–Trinajstić information content (AvgIpc) is 3.40. The number of rotatable bonds is 10. The van der Waals surface area contributed by atoms with Crippen LogP contribution in [0.5, 0.6) is 5.75 Å². The average molecular weight is 557 g/mol. The number of thiophene rings is 1. The van der Waals surface area contributed by atoms with Crippen LogP contribution in [0.25, 0.3) is 0 Å². The maximum absolute atomic E-state index is 13.2. The van der Waals surface area contributed by atoms with Crippen molar-refractivity contribution in [2.45, 2.75) is 32.2 Å². The minimum absolute atomic E-state index is 0.0339. The Morgan fingerprint density at radius 3 is 2.56 bits per heavy atom. The number of nitrogens with one attached hydrogen (secondary N) is 1. The molecule has 0 aliphatic carbocycles. The van der Waals surface area contributed by atoms with Crippen LogP contribution >= 0.6 is 34.7 Å². The van der Waals surface area contributed by atoms with Crippen molar-refractivity contribution in [1.29, 1.82) is 0 Å². The molecular weight excluding hydrogens is 535 g/mol. The molecule has 0 unspecified atom stereocenters. The number of thioether (sulfide) groups is 1. The molecule has 0 aliphatic rings. The number of benzene rings is 1. The summed E-state index contributed by atoms with van der Waals surface area (Å²) < 4.78 is 30.2. The lowest BCUT2D eigenvalue weighted by Crippen LogP contribution is -2.16. The van der Waals surface area contributed by atoms with Gasteiger partial charge in [-0.15, -0.1) is 21.5 Å². The van der Waals surface area contributed by atoms with Crippen LogP contribution in [0, 0.1) is 12.7 Å². The zero-order chi connectivity index (χ0) is 26.4. The fourth-order valence-electron chi connectivity index (χ4n) is 3.11. The fourth-order valence-corrected chi connectivity index (χ4v) is 5.29. The predicted octanol–water partition coefficient (Wildman–Crippen LogP) is 4.34. The molecule has 1 N–H and O–H groups in total. The Bertz CT molecular complexity index is 1300. The molecule has 0 saturated carbocycles. The highest BCUT2D eigenvalue weighted by molar-refractivity contribution is 7.99. The smallest absolute Gasteiger partial charge is 0.348 e. The van der Waals surface area contributed by atoms with Gasteiger partial charge < -0.3 is 24.1 Å². The SMILES string of the molecule is CCn1c(COc2ccc(F)cc2Cl)nnc1SCC(=O)Nc1sc(C(=O)OC)c(C)c1C(=O)OC. The summed E-state index contributed by atoms with van der Waals surface area (Å²) >= 11 is 8.05. The van der Waals surface area contributed by atoms with Crippen molar-refractivity contribution in [3.63, 3.8) is 0 Å². The van der Waals surface area contributed by atoms with Crippen LogP contribution < -0.4 is 10.1 Å². The maximum atomic E-state index is 13.2. The first kappa shape index (κ1) is 27.4. The first-order valence-corrected chi connectivity index (χ1v) is 12.6. The summed E-state index contributed by atoms with van der Waals surface area (Å²) in [5.74, 6) is -1.46. The van der Waals surface area contributed by atoms with Crippen molar-refractivity contribution < 1.29 is 33.0 Å². The second-order valence-corrected chi connectivity index (χ2v) is 9.46. The van der Waals surface area contributed by atoms with E-state index in [-0.39, 0.29) is 32.8 Å². The number of halogens is 2. The van der Waals surface area contributed by atoms with E-state index in [0.29, 0.717) is 28.8 Å². The molecule has 0 atom stereocenters. The van der Waals surface area contributed by atoms with Gasteiger partial charge in [0.1, 0.15) is 28.1 Å². The first-order chi connectivity index (χ1) is 17.2. The van der Waals surface area contributed by atoms with Crippen molar-refractivity contribution in [2.75, 3.05) is 25.3 Å². The molecule has 0 radical (unpaired) electrons. The number of anilines is 1. The minimum atomic E-state index is -0.682. The Morgan fingerprint density at radius 1 is 1.19 bits per heavy atom. The van der Waals surface area contributed by atoms with E-state index in [1.54, 1.807) is 11.5 Å². The summed E-state index contributed by atoms with van der Waals surface area (Å²) in [6.45, 7) is 4.00. The van der Waals surface area contributed by atoms with Gasteiger partial charge in [-0.1, -0.05) is 23.4 Å². The van der Waals surface area contributed by atoms with E-state index in [1.807, 2.05) is 6.92 Å². The van der Waals surface area contributed by atoms with Crippen molar-refractivity contribution in [2.24, 2.45) is 0 Å². The number of amides is 1. The second-order valence-electron chi connectivity index (χ2n) is 7.09. The van der Waals surface area contributed by atoms with Crippen LogP contribution in [0.4, 0.5) is 9.39 Å². The van der Waals surface area contributed by atoms with Gasteiger partial charge in [0.05, 0.1) is 30.6 Å². The van der Waals surface area contributed by atoms with Gasteiger partial charge in [-0.05, 0) is 37.6 Å². The van der Waals surface area contributed by atoms with Gasteiger partial charge in [0.2, 0.25) is 5.91 Å². The molecule has 3 rings (SSSR count). The largest absolute Gasteiger partial charge is 0.484 e. The highest BCUT2D eigenvalue weighted by Gasteiger charge is 2.27. The lowest BCUT2D eigenvalue weighted by atomic mass is 10.1. The molecule has 192 valence electrons. The molecule has 14 heteroatoms. The first-order valence-electron chi connectivity index (χ1n) is 10.4. The van der Waals surface area contributed by atoms with Gasteiger partial charge >= 0.3 is 11.9 Å². The molecule has 1 amide bonds. The normalized spacial score (nSPS) is 10.7. The predicted molar refractivity (Wildman–Crippen MR) is 133 cm³/mol. The van der Waals surface area contributed by atoms with E-state index in [1.165, 1.54) is 26.4 Å². The Morgan fingerprint density at radius 2 is 1.92 bits per heavy atom. The van der Waals surface area contributed by atoms with Gasteiger partial charge in [-0.2, -0.15) is 0 Å². The van der Waals surface area contributed by atoms with E-state index in [0.717, 1.165) is 29.2 Å². The molecule has 0 saturated heterocycles. The number of hydrogen-bond acceptors (Lipinski definition) is 10. The van der Waals surface area contributed by atoms with Crippen LogP contribution in [0.2, 0.25) is 5.02 Å². The molecule has 0 aliphatic heterocycles. The van der Waals surface area contributed by atoms with E-state index in [4.69, 9.17) is 25.8 Å². The van der Waals surface area contributed by atoms with Crippen LogP contribution in [-0.4, -0.2) is 52.6 Å². The molecule has 2 aromatic heterocycles. The molecule has 0 bridgehead atoms. The minimum Gasteiger partial charge on any atom is -0.484 e. The Labute approximate surface area is 219 Å². The molecule has 2 heterocycles. The van der Waals surface area contributed by atoms with Gasteiger partial charge in [0.25, 0.3) is 0 Å². The quantitative estimate of drug-likeness (QED) is 0.287. The Hall–Kier alpha value is -3.16. The van der Waals surface area contributed by atoms with Gasteiger partial charge in [-0.3, -0.25) is 4.79 Å². The number of nitrogens with zero attached hydrogens (tertiary/aromatic N) is 3. The number of ether oxygens (including phenoxy) is 3. The summed E-state index contributed by atoms with van der Waals surface area (Å²) in [6.07, 6.45) is 0. The van der Waals surface area contributed by atoms with E-state index in [9.17, 15) is 18.8 Å². The zero-order valence-electron chi connectivity index (χ0n) is 19.7. The highest BCUT2D eigenvalue weighted by Crippen LogP contribution is 2.34. The third-order valence-corrected chi connectivity index (χ3v) is 7.30. The van der Waals surface area contributed by atoms with E-state index in [2.05, 4.69) is 15.5 Å². The Kier molecular flexibility index (Phi) is 9.29.